The molecular formula is C25H26ClFN6O4. The molecule has 12 heteroatoms. The van der Waals surface area contributed by atoms with Gasteiger partial charge >= 0.3 is 0 Å². The van der Waals surface area contributed by atoms with Crippen molar-refractivity contribution in [2.45, 2.75) is 32.4 Å². The van der Waals surface area contributed by atoms with Gasteiger partial charge in [0.1, 0.15) is 22.4 Å². The first kappa shape index (κ1) is 26.2. The molecular weight excluding hydrogens is 503 g/mol. The van der Waals surface area contributed by atoms with E-state index in [1.54, 1.807) is 24.0 Å². The van der Waals surface area contributed by atoms with Crippen LogP contribution in [0.15, 0.2) is 55.1 Å². The Bertz CT molecular complexity index is 1290. The van der Waals surface area contributed by atoms with Crippen LogP contribution in [-0.2, 0) is 4.79 Å². The zero-order valence-electron chi connectivity index (χ0n) is 20.5. The lowest BCUT2D eigenvalue weighted by Crippen LogP contribution is -2.63. The third kappa shape index (κ3) is 6.12. The fourth-order valence-corrected chi connectivity index (χ4v) is 4.30. The van der Waals surface area contributed by atoms with Crippen LogP contribution in [0.25, 0.3) is 0 Å². The standard InChI is InChI=1S/C25H26ClFN6O4/c1-16(31-10-11-33(25(2,3)15-31)24(35)17-6-8-32(36)9-7-17)22(34)30-21-5-4-19(14-28-21)37-23-20(26)12-18(27)13-29-23/h4-9,12-14,16H,10-11,15H2,1-3H3,(H,28,30,34). The molecule has 4 rings (SSSR count). The molecule has 1 atom stereocenters. The molecule has 1 unspecified atom stereocenters. The van der Waals surface area contributed by atoms with Gasteiger partial charge < -0.3 is 20.2 Å². The van der Waals surface area contributed by atoms with Crippen LogP contribution in [0, 0.1) is 11.0 Å². The summed E-state index contributed by atoms with van der Waals surface area (Å²) in [6, 6.07) is 6.77. The van der Waals surface area contributed by atoms with Gasteiger partial charge in [-0.05, 0) is 39.0 Å². The van der Waals surface area contributed by atoms with E-state index in [0.29, 0.717) is 41.5 Å². The molecule has 0 aromatic carbocycles. The van der Waals surface area contributed by atoms with E-state index in [2.05, 4.69) is 15.3 Å². The number of aromatic nitrogens is 3. The molecule has 3 aromatic heterocycles. The first-order valence-corrected chi connectivity index (χ1v) is 11.9. The fraction of sp³-hybridized carbons (Fsp3) is 0.320. The van der Waals surface area contributed by atoms with Crippen LogP contribution < -0.4 is 14.8 Å². The van der Waals surface area contributed by atoms with Gasteiger partial charge in [-0.25, -0.2) is 14.4 Å². The highest BCUT2D eigenvalue weighted by atomic mass is 35.5. The highest BCUT2D eigenvalue weighted by molar-refractivity contribution is 6.31. The number of hydrogen-bond donors (Lipinski definition) is 1. The third-order valence-corrected chi connectivity index (χ3v) is 6.40. The van der Waals surface area contributed by atoms with E-state index < -0.39 is 17.4 Å². The summed E-state index contributed by atoms with van der Waals surface area (Å²) in [6.45, 7) is 7.10. The summed E-state index contributed by atoms with van der Waals surface area (Å²) in [5.74, 6) is -0.299. The van der Waals surface area contributed by atoms with Crippen LogP contribution >= 0.6 is 11.6 Å². The second-order valence-electron chi connectivity index (χ2n) is 9.27. The zero-order valence-corrected chi connectivity index (χ0v) is 21.3. The number of halogens is 2. The van der Waals surface area contributed by atoms with Gasteiger partial charge in [-0.15, -0.1) is 0 Å². The Morgan fingerprint density at radius 2 is 1.92 bits per heavy atom. The van der Waals surface area contributed by atoms with Crippen molar-refractivity contribution in [1.29, 1.82) is 0 Å². The van der Waals surface area contributed by atoms with Gasteiger partial charge in [-0.2, -0.15) is 4.73 Å². The van der Waals surface area contributed by atoms with Crippen molar-refractivity contribution in [3.8, 4) is 11.6 Å². The minimum Gasteiger partial charge on any atom is -0.619 e. The lowest BCUT2D eigenvalue weighted by molar-refractivity contribution is -0.605. The van der Waals surface area contributed by atoms with Crippen LogP contribution in [-0.4, -0.2) is 62.8 Å². The first-order chi connectivity index (χ1) is 17.5. The monoisotopic (exact) mass is 528 g/mol. The number of ether oxygens (including phenoxy) is 1. The van der Waals surface area contributed by atoms with Crippen molar-refractivity contribution < 1.29 is 23.4 Å². The topological polar surface area (TPSA) is 115 Å². The number of nitrogens with zero attached hydrogens (tertiary/aromatic N) is 5. The summed E-state index contributed by atoms with van der Waals surface area (Å²) in [6.07, 6.45) is 4.98. The Morgan fingerprint density at radius 1 is 1.19 bits per heavy atom. The lowest BCUT2D eigenvalue weighted by atomic mass is 9.96. The molecule has 0 bridgehead atoms. The maximum atomic E-state index is 13.2. The molecule has 0 aliphatic carbocycles. The van der Waals surface area contributed by atoms with E-state index in [1.165, 1.54) is 30.7 Å². The Kier molecular flexibility index (Phi) is 7.55. The van der Waals surface area contributed by atoms with Crippen molar-refractivity contribution in [2.75, 3.05) is 25.0 Å². The zero-order chi connectivity index (χ0) is 26.7. The summed E-state index contributed by atoms with van der Waals surface area (Å²) < 4.78 is 19.3. The highest BCUT2D eigenvalue weighted by Crippen LogP contribution is 2.28. The van der Waals surface area contributed by atoms with Gasteiger partial charge in [0.25, 0.3) is 5.91 Å². The van der Waals surface area contributed by atoms with E-state index in [1.807, 2.05) is 18.7 Å². The number of rotatable bonds is 6. The smallest absolute Gasteiger partial charge is 0.254 e. The third-order valence-electron chi connectivity index (χ3n) is 6.13. The van der Waals surface area contributed by atoms with Gasteiger partial charge in [0, 0.05) is 31.8 Å². The highest BCUT2D eigenvalue weighted by Gasteiger charge is 2.39. The van der Waals surface area contributed by atoms with Gasteiger partial charge in [0.2, 0.25) is 11.8 Å². The molecule has 1 aliphatic rings. The van der Waals surface area contributed by atoms with Crippen LogP contribution in [0.2, 0.25) is 5.02 Å². The predicted octanol–water partition coefficient (Wildman–Crippen LogP) is 3.26. The molecule has 3 aromatic rings. The van der Waals surface area contributed by atoms with Crippen LogP contribution in [0.1, 0.15) is 31.1 Å². The number of amides is 2. The molecule has 0 radical (unpaired) electrons. The Morgan fingerprint density at radius 3 is 2.54 bits per heavy atom. The lowest BCUT2D eigenvalue weighted by Gasteiger charge is -2.48. The molecule has 0 spiro atoms. The number of piperazine rings is 1. The molecule has 10 nitrogen and oxygen atoms in total. The molecule has 1 N–H and O–H groups in total. The summed E-state index contributed by atoms with van der Waals surface area (Å²) in [4.78, 5) is 37.7. The quantitative estimate of drug-likeness (QED) is 0.386. The molecule has 37 heavy (non-hydrogen) atoms. The Balaban J connectivity index is 1.35. The van der Waals surface area contributed by atoms with E-state index >= 15 is 0 Å². The van der Waals surface area contributed by atoms with Crippen LogP contribution in [0.5, 0.6) is 11.6 Å². The van der Waals surface area contributed by atoms with Crippen molar-refractivity contribution in [3.63, 3.8) is 0 Å². The van der Waals surface area contributed by atoms with Gasteiger partial charge in [-0.1, -0.05) is 11.6 Å². The predicted molar refractivity (Wildman–Crippen MR) is 134 cm³/mol. The summed E-state index contributed by atoms with van der Waals surface area (Å²) in [5, 5.41) is 14.1. The minimum absolute atomic E-state index is 0.0234. The van der Waals surface area contributed by atoms with Crippen molar-refractivity contribution >= 4 is 29.2 Å². The Hall–Kier alpha value is -3.83. The van der Waals surface area contributed by atoms with E-state index in [0.717, 1.165) is 12.3 Å². The maximum Gasteiger partial charge on any atom is 0.254 e. The summed E-state index contributed by atoms with van der Waals surface area (Å²) in [5.41, 5.74) is -0.101. The number of carbonyl (C=O) groups excluding carboxylic acids is 2. The minimum atomic E-state index is -0.576. The fourth-order valence-electron chi connectivity index (χ4n) is 4.11. The summed E-state index contributed by atoms with van der Waals surface area (Å²) in [7, 11) is 0. The second kappa shape index (κ2) is 10.7. The first-order valence-electron chi connectivity index (χ1n) is 11.5. The van der Waals surface area contributed by atoms with E-state index in [9.17, 15) is 19.2 Å². The van der Waals surface area contributed by atoms with Crippen LogP contribution in [0.4, 0.5) is 10.2 Å². The molecule has 1 saturated heterocycles. The molecule has 4 heterocycles. The normalized spacial score (nSPS) is 16.2. The summed E-state index contributed by atoms with van der Waals surface area (Å²) >= 11 is 5.93. The molecule has 194 valence electrons. The average molecular weight is 529 g/mol. The number of anilines is 1. The van der Waals surface area contributed by atoms with Crippen molar-refractivity contribution in [2.24, 2.45) is 0 Å². The van der Waals surface area contributed by atoms with Crippen molar-refractivity contribution in [1.82, 2.24) is 19.8 Å². The SMILES string of the molecule is CC(C(=O)Nc1ccc(Oc2ncc(F)cc2Cl)cn1)N1CCN(C(=O)c2cc[n+]([O-])cc2)C(C)(C)C1. The Labute approximate surface area is 218 Å². The molecule has 0 saturated carbocycles. The number of nitrogens with one attached hydrogen (secondary N) is 1. The average Bonchev–Trinajstić information content (AvgIpc) is 2.86. The van der Waals surface area contributed by atoms with Gasteiger partial charge in [0.05, 0.1) is 29.5 Å². The van der Waals surface area contributed by atoms with Gasteiger partial charge in [-0.3, -0.25) is 14.5 Å². The van der Waals surface area contributed by atoms with E-state index in [-0.39, 0.29) is 22.7 Å². The molecule has 2 amide bonds. The largest absolute Gasteiger partial charge is 0.619 e. The second-order valence-corrected chi connectivity index (χ2v) is 9.68. The van der Waals surface area contributed by atoms with Crippen molar-refractivity contribution in [3.05, 3.63) is 76.7 Å². The molecule has 1 aliphatic heterocycles. The van der Waals surface area contributed by atoms with Gasteiger partial charge in [0.15, 0.2) is 12.4 Å². The van der Waals surface area contributed by atoms with E-state index in [4.69, 9.17) is 16.3 Å². The van der Waals surface area contributed by atoms with Crippen LogP contribution in [0.3, 0.4) is 0 Å². The molecule has 1 fully saturated rings. The maximum absolute atomic E-state index is 13.2. The number of hydrogen-bond acceptors (Lipinski definition) is 7. The number of carbonyl (C=O) groups is 2. The number of pyridine rings is 3.